The lowest BCUT2D eigenvalue weighted by atomic mass is 9.85. The second-order valence-corrected chi connectivity index (χ2v) is 7.59. The van der Waals surface area contributed by atoms with Crippen molar-refractivity contribution in [2.24, 2.45) is 23.9 Å². The van der Waals surface area contributed by atoms with E-state index in [2.05, 4.69) is 30.0 Å². The first-order valence-electron chi connectivity index (χ1n) is 8.96. The lowest BCUT2D eigenvalue weighted by molar-refractivity contribution is 0.145. The smallest absolute Gasteiger partial charge is 0.275 e. The summed E-state index contributed by atoms with van der Waals surface area (Å²) in [5, 5.41) is 3.84. The van der Waals surface area contributed by atoms with Gasteiger partial charge >= 0.3 is 0 Å². The summed E-state index contributed by atoms with van der Waals surface area (Å²) in [6.45, 7) is 4.60. The molecule has 3 atom stereocenters. The highest BCUT2D eigenvalue weighted by Gasteiger charge is 2.47. The zero-order valence-electron chi connectivity index (χ0n) is 14.8. The van der Waals surface area contributed by atoms with Crippen molar-refractivity contribution in [3.05, 3.63) is 46.8 Å². The van der Waals surface area contributed by atoms with E-state index in [1.807, 2.05) is 12.1 Å². The van der Waals surface area contributed by atoms with Crippen molar-refractivity contribution >= 4 is 11.9 Å². The molecule has 1 heterocycles. The third kappa shape index (κ3) is 2.60. The van der Waals surface area contributed by atoms with E-state index in [4.69, 9.17) is 0 Å². The summed E-state index contributed by atoms with van der Waals surface area (Å²) in [6, 6.07) is 6.27. The second kappa shape index (κ2) is 6.04. The number of benzene rings is 1. The molecule has 2 aliphatic carbocycles. The van der Waals surface area contributed by atoms with Gasteiger partial charge in [-0.25, -0.2) is 8.78 Å². The van der Waals surface area contributed by atoms with Crippen LogP contribution in [0.15, 0.2) is 29.4 Å². The third-order valence-electron chi connectivity index (χ3n) is 5.81. The topological polar surface area (TPSA) is 30.2 Å². The standard InChI is InChI=1S/C20H23F2N3/c1-11(2)17-14-7-8-15(17)18-13(14)5-4-6-16(18)23-9-12-10-25(3)24-19(12)20(21)22/h4-6,9-11,14-15,17,20H,7-8H2,1-3H3. The van der Waals surface area contributed by atoms with Crippen molar-refractivity contribution in [1.29, 1.82) is 0 Å². The van der Waals surface area contributed by atoms with E-state index < -0.39 is 6.43 Å². The lowest BCUT2D eigenvalue weighted by Gasteiger charge is -2.20. The first kappa shape index (κ1) is 16.4. The van der Waals surface area contributed by atoms with Crippen LogP contribution in [0.3, 0.4) is 0 Å². The molecule has 4 rings (SSSR count). The molecule has 1 aromatic heterocycles. The van der Waals surface area contributed by atoms with Gasteiger partial charge in [0.25, 0.3) is 6.43 Å². The first-order valence-corrected chi connectivity index (χ1v) is 8.96. The number of aromatic nitrogens is 2. The largest absolute Gasteiger partial charge is 0.282 e. The molecule has 2 aromatic rings. The lowest BCUT2D eigenvalue weighted by Crippen LogP contribution is -2.11. The fraction of sp³-hybridized carbons (Fsp3) is 0.500. The van der Waals surface area contributed by atoms with Gasteiger partial charge in [0.1, 0.15) is 5.69 Å². The Bertz CT molecular complexity index is 822. The molecule has 1 saturated carbocycles. The van der Waals surface area contributed by atoms with Crippen LogP contribution in [0, 0.1) is 11.8 Å². The summed E-state index contributed by atoms with van der Waals surface area (Å²) in [5.41, 5.74) is 3.87. The number of halogens is 2. The highest BCUT2D eigenvalue weighted by Crippen LogP contribution is 2.61. The monoisotopic (exact) mass is 343 g/mol. The van der Waals surface area contributed by atoms with Gasteiger partial charge in [0, 0.05) is 25.0 Å². The van der Waals surface area contributed by atoms with E-state index in [0.717, 1.165) is 5.69 Å². The molecule has 3 unspecified atom stereocenters. The van der Waals surface area contributed by atoms with Crippen molar-refractivity contribution in [1.82, 2.24) is 9.78 Å². The van der Waals surface area contributed by atoms with Gasteiger partial charge in [0.05, 0.1) is 5.69 Å². The van der Waals surface area contributed by atoms with Gasteiger partial charge in [-0.1, -0.05) is 26.0 Å². The molecule has 0 aliphatic heterocycles. The molecule has 2 bridgehead atoms. The van der Waals surface area contributed by atoms with Crippen LogP contribution < -0.4 is 0 Å². The summed E-state index contributed by atoms with van der Waals surface area (Å²) in [5.74, 6) is 2.51. The molecule has 0 spiro atoms. The number of fused-ring (bicyclic) bond motifs is 5. The van der Waals surface area contributed by atoms with Crippen LogP contribution in [0.1, 0.15) is 67.3 Å². The summed E-state index contributed by atoms with van der Waals surface area (Å²) < 4.78 is 27.6. The molecular formula is C20H23F2N3. The number of alkyl halides is 2. The molecule has 0 N–H and O–H groups in total. The zero-order valence-corrected chi connectivity index (χ0v) is 14.8. The number of aryl methyl sites for hydroxylation is 1. The number of hydrogen-bond donors (Lipinski definition) is 0. The molecule has 0 saturated heterocycles. The Labute approximate surface area is 146 Å². The molecule has 132 valence electrons. The first-order chi connectivity index (χ1) is 12.0. The number of hydrogen-bond acceptors (Lipinski definition) is 2. The Balaban J connectivity index is 1.71. The van der Waals surface area contributed by atoms with Gasteiger partial charge in [-0.05, 0) is 53.7 Å². The maximum Gasteiger partial charge on any atom is 0.282 e. The van der Waals surface area contributed by atoms with Crippen LogP contribution in [0.5, 0.6) is 0 Å². The number of rotatable bonds is 4. The molecular weight excluding hydrogens is 320 g/mol. The fourth-order valence-electron chi connectivity index (χ4n) is 5.00. The summed E-state index contributed by atoms with van der Waals surface area (Å²) in [4.78, 5) is 4.61. The molecule has 1 aromatic carbocycles. The number of nitrogens with zero attached hydrogens (tertiary/aromatic N) is 3. The van der Waals surface area contributed by atoms with Gasteiger partial charge in [-0.2, -0.15) is 5.10 Å². The van der Waals surface area contributed by atoms with Crippen LogP contribution in [0.4, 0.5) is 14.5 Å². The number of aliphatic imine (C=N–C) groups is 1. The van der Waals surface area contributed by atoms with Crippen LogP contribution in [0.25, 0.3) is 0 Å². The zero-order chi connectivity index (χ0) is 17.7. The maximum absolute atomic E-state index is 13.1. The van der Waals surface area contributed by atoms with Gasteiger partial charge in [0.15, 0.2) is 0 Å². The normalized spacial score (nSPS) is 24.8. The fourth-order valence-corrected chi connectivity index (χ4v) is 5.00. The average molecular weight is 343 g/mol. The summed E-state index contributed by atoms with van der Waals surface area (Å²) >= 11 is 0. The molecule has 25 heavy (non-hydrogen) atoms. The van der Waals surface area contributed by atoms with E-state index in [-0.39, 0.29) is 5.69 Å². The maximum atomic E-state index is 13.1. The Kier molecular flexibility index (Phi) is 3.97. The molecule has 0 radical (unpaired) electrons. The van der Waals surface area contributed by atoms with Gasteiger partial charge in [0.2, 0.25) is 0 Å². The quantitative estimate of drug-likeness (QED) is 0.688. The van der Waals surface area contributed by atoms with Crippen molar-refractivity contribution in [2.75, 3.05) is 0 Å². The summed E-state index contributed by atoms with van der Waals surface area (Å²) in [7, 11) is 1.65. The predicted octanol–water partition coefficient (Wildman–Crippen LogP) is 5.36. The van der Waals surface area contributed by atoms with Crippen molar-refractivity contribution in [3.63, 3.8) is 0 Å². The molecule has 0 amide bonds. The predicted molar refractivity (Wildman–Crippen MR) is 94.9 cm³/mol. The highest BCUT2D eigenvalue weighted by molar-refractivity contribution is 5.84. The minimum absolute atomic E-state index is 0.208. The van der Waals surface area contributed by atoms with Crippen LogP contribution in [-0.4, -0.2) is 16.0 Å². The summed E-state index contributed by atoms with van der Waals surface area (Å²) in [6.07, 6.45) is 3.01. The molecule has 2 aliphatic rings. The SMILES string of the molecule is CC(C)C1C2CCC1c1c(N=Cc3cn(C)nc3C(F)F)cccc12. The van der Waals surface area contributed by atoms with Crippen LogP contribution in [0.2, 0.25) is 0 Å². The van der Waals surface area contributed by atoms with Gasteiger partial charge in [-0.3, -0.25) is 9.67 Å². The Morgan fingerprint density at radius 3 is 2.72 bits per heavy atom. The Morgan fingerprint density at radius 1 is 1.24 bits per heavy atom. The van der Waals surface area contributed by atoms with E-state index in [0.29, 0.717) is 29.2 Å². The van der Waals surface area contributed by atoms with Crippen LogP contribution in [-0.2, 0) is 7.05 Å². The molecule has 5 heteroatoms. The Hall–Kier alpha value is -2.04. The van der Waals surface area contributed by atoms with Gasteiger partial charge < -0.3 is 0 Å². The van der Waals surface area contributed by atoms with E-state index in [1.165, 1.54) is 28.7 Å². The van der Waals surface area contributed by atoms with Crippen LogP contribution >= 0.6 is 0 Å². The van der Waals surface area contributed by atoms with E-state index in [9.17, 15) is 8.78 Å². The van der Waals surface area contributed by atoms with E-state index >= 15 is 0 Å². The minimum atomic E-state index is -2.59. The average Bonchev–Trinajstić information content (AvgIpc) is 3.24. The molecule has 1 fully saturated rings. The molecule has 3 nitrogen and oxygen atoms in total. The highest BCUT2D eigenvalue weighted by atomic mass is 19.3. The van der Waals surface area contributed by atoms with E-state index in [1.54, 1.807) is 19.5 Å². The van der Waals surface area contributed by atoms with Crippen molar-refractivity contribution in [2.45, 2.75) is 45.0 Å². The Morgan fingerprint density at radius 2 is 2.00 bits per heavy atom. The second-order valence-electron chi connectivity index (χ2n) is 7.59. The van der Waals surface area contributed by atoms with Crippen molar-refractivity contribution in [3.8, 4) is 0 Å². The minimum Gasteiger partial charge on any atom is -0.275 e. The third-order valence-corrected chi connectivity index (χ3v) is 5.81. The van der Waals surface area contributed by atoms with Gasteiger partial charge in [-0.15, -0.1) is 0 Å². The van der Waals surface area contributed by atoms with Crippen molar-refractivity contribution < 1.29 is 8.78 Å².